The summed E-state index contributed by atoms with van der Waals surface area (Å²) in [5, 5.41) is 0. The molecule has 0 radical (unpaired) electrons. The highest BCUT2D eigenvalue weighted by Crippen LogP contribution is 2.35. The van der Waals surface area contributed by atoms with Crippen LogP contribution in [0, 0.1) is 5.92 Å². The fourth-order valence-electron chi connectivity index (χ4n) is 3.52. The van der Waals surface area contributed by atoms with Crippen LogP contribution in [0.4, 0.5) is 0 Å². The number of halogens is 1. The number of carbonyl (C=O) groups excluding carboxylic acids is 1. The molecule has 28 heavy (non-hydrogen) atoms. The Morgan fingerprint density at radius 1 is 1.07 bits per heavy atom. The van der Waals surface area contributed by atoms with Crippen molar-refractivity contribution >= 4 is 28.3 Å². The molecular formula is C20H26ClN3O3S. The molecule has 2 aromatic rings. The summed E-state index contributed by atoms with van der Waals surface area (Å²) in [4.78, 5) is 13.7. The van der Waals surface area contributed by atoms with Crippen LogP contribution in [0.1, 0.15) is 21.8 Å². The molecule has 1 amide bonds. The van der Waals surface area contributed by atoms with Crippen molar-refractivity contribution in [1.82, 2.24) is 9.21 Å². The van der Waals surface area contributed by atoms with Gasteiger partial charge >= 0.3 is 0 Å². The molecule has 6 nitrogen and oxygen atoms in total. The van der Waals surface area contributed by atoms with Crippen LogP contribution in [0.3, 0.4) is 0 Å². The Balaban J connectivity index is 0.00000280. The lowest BCUT2D eigenvalue weighted by Gasteiger charge is -2.17. The van der Waals surface area contributed by atoms with E-state index in [1.165, 1.54) is 21.3 Å². The molecule has 1 saturated heterocycles. The molecule has 1 aliphatic heterocycles. The maximum atomic E-state index is 13.1. The third-order valence-corrected chi connectivity index (χ3v) is 6.93. The molecule has 0 bridgehead atoms. The Kier molecular flexibility index (Phi) is 7.22. The van der Waals surface area contributed by atoms with E-state index >= 15 is 0 Å². The molecule has 0 aromatic heterocycles. The van der Waals surface area contributed by atoms with E-state index in [0.717, 1.165) is 5.56 Å². The molecule has 152 valence electrons. The molecule has 0 spiro atoms. The minimum Gasteiger partial charge on any atom is -0.345 e. The first-order valence-electron chi connectivity index (χ1n) is 8.91. The van der Waals surface area contributed by atoms with Gasteiger partial charge in [-0.3, -0.25) is 4.79 Å². The molecule has 3 rings (SSSR count). The minimum atomic E-state index is -3.63. The van der Waals surface area contributed by atoms with Gasteiger partial charge in [-0.25, -0.2) is 8.42 Å². The third-order valence-electron chi connectivity index (χ3n) is 5.08. The summed E-state index contributed by atoms with van der Waals surface area (Å²) in [5.74, 6) is 0.00444. The van der Waals surface area contributed by atoms with Gasteiger partial charge in [0.15, 0.2) is 0 Å². The van der Waals surface area contributed by atoms with Gasteiger partial charge in [-0.05, 0) is 42.3 Å². The second-order valence-electron chi connectivity index (χ2n) is 7.06. The van der Waals surface area contributed by atoms with Crippen LogP contribution in [0.5, 0.6) is 0 Å². The Morgan fingerprint density at radius 3 is 2.21 bits per heavy atom. The van der Waals surface area contributed by atoms with Crippen molar-refractivity contribution in [3.63, 3.8) is 0 Å². The first kappa shape index (κ1) is 22.4. The second-order valence-corrected chi connectivity index (χ2v) is 9.00. The van der Waals surface area contributed by atoms with Crippen LogP contribution in [0.2, 0.25) is 0 Å². The summed E-state index contributed by atoms with van der Waals surface area (Å²) in [6, 6.07) is 16.0. The summed E-state index contributed by atoms with van der Waals surface area (Å²) in [6.45, 7) is 1.24. The molecule has 1 aliphatic rings. The smallest absolute Gasteiger partial charge is 0.253 e. The van der Waals surface area contributed by atoms with Crippen LogP contribution in [0.15, 0.2) is 59.5 Å². The van der Waals surface area contributed by atoms with Gasteiger partial charge in [0, 0.05) is 38.7 Å². The van der Waals surface area contributed by atoms with Crippen molar-refractivity contribution in [2.24, 2.45) is 11.7 Å². The van der Waals surface area contributed by atoms with E-state index in [-0.39, 0.29) is 35.0 Å². The maximum Gasteiger partial charge on any atom is 0.253 e. The molecule has 8 heteroatoms. The number of sulfonamides is 1. The second kappa shape index (κ2) is 9.05. The highest BCUT2D eigenvalue weighted by Gasteiger charge is 2.39. The van der Waals surface area contributed by atoms with Crippen LogP contribution in [-0.2, 0) is 10.0 Å². The number of benzene rings is 2. The summed E-state index contributed by atoms with van der Waals surface area (Å²) in [5.41, 5.74) is 7.49. The van der Waals surface area contributed by atoms with Gasteiger partial charge in [0.25, 0.3) is 5.91 Å². The third kappa shape index (κ3) is 4.38. The predicted molar refractivity (Wildman–Crippen MR) is 112 cm³/mol. The number of hydrogen-bond acceptors (Lipinski definition) is 4. The lowest BCUT2D eigenvalue weighted by molar-refractivity contribution is 0.0827. The maximum absolute atomic E-state index is 13.1. The molecule has 1 heterocycles. The molecule has 2 aromatic carbocycles. The van der Waals surface area contributed by atoms with Crippen LogP contribution in [-0.4, -0.2) is 57.3 Å². The summed E-state index contributed by atoms with van der Waals surface area (Å²) >= 11 is 0. The fourth-order valence-corrected chi connectivity index (χ4v) is 5.04. The SMILES string of the molecule is CN(C)C(=O)c1ccc(S(=O)(=O)N2C[C@@H](CN)[C@H](c3ccccc3)C2)cc1.Cl. The Morgan fingerprint density at radius 2 is 1.68 bits per heavy atom. The Labute approximate surface area is 172 Å². The number of rotatable bonds is 5. The van der Waals surface area contributed by atoms with Crippen molar-refractivity contribution in [3.8, 4) is 0 Å². The average molecular weight is 424 g/mol. The summed E-state index contributed by atoms with van der Waals surface area (Å²) in [7, 11) is -0.311. The van der Waals surface area contributed by atoms with E-state index < -0.39 is 10.0 Å². The van der Waals surface area contributed by atoms with Gasteiger partial charge in [-0.15, -0.1) is 12.4 Å². The van der Waals surface area contributed by atoms with E-state index in [1.54, 1.807) is 26.2 Å². The van der Waals surface area contributed by atoms with Gasteiger partial charge in [-0.2, -0.15) is 4.31 Å². The summed E-state index contributed by atoms with van der Waals surface area (Å²) in [6.07, 6.45) is 0. The molecule has 2 N–H and O–H groups in total. The quantitative estimate of drug-likeness (QED) is 0.798. The van der Waals surface area contributed by atoms with Gasteiger partial charge in [0.05, 0.1) is 4.90 Å². The Hall–Kier alpha value is -1.93. The average Bonchev–Trinajstić information content (AvgIpc) is 3.13. The molecule has 2 atom stereocenters. The zero-order chi connectivity index (χ0) is 19.6. The molecule has 0 unspecified atom stereocenters. The lowest BCUT2D eigenvalue weighted by atomic mass is 9.89. The number of hydrogen-bond donors (Lipinski definition) is 1. The van der Waals surface area contributed by atoms with E-state index in [0.29, 0.717) is 25.2 Å². The predicted octanol–water partition coefficient (Wildman–Crippen LogP) is 2.17. The standard InChI is InChI=1S/C20H25N3O3S.ClH/c1-22(2)20(24)16-8-10-18(11-9-16)27(25,26)23-13-17(12-21)19(14-23)15-6-4-3-5-7-15;/h3-11,17,19H,12-14,21H2,1-2H3;1H/t17-,19+;/m1./s1. The van der Waals surface area contributed by atoms with Gasteiger partial charge in [-0.1, -0.05) is 30.3 Å². The topological polar surface area (TPSA) is 83.7 Å². The fraction of sp³-hybridized carbons (Fsp3) is 0.350. The van der Waals surface area contributed by atoms with Crippen molar-refractivity contribution in [2.75, 3.05) is 33.7 Å². The number of amides is 1. The molecule has 0 aliphatic carbocycles. The van der Waals surface area contributed by atoms with Crippen molar-refractivity contribution < 1.29 is 13.2 Å². The van der Waals surface area contributed by atoms with Crippen LogP contribution >= 0.6 is 12.4 Å². The molecule has 0 saturated carbocycles. The number of nitrogens with zero attached hydrogens (tertiary/aromatic N) is 2. The monoisotopic (exact) mass is 423 g/mol. The first-order valence-corrected chi connectivity index (χ1v) is 10.4. The van der Waals surface area contributed by atoms with Crippen molar-refractivity contribution in [1.29, 1.82) is 0 Å². The molecule has 1 fully saturated rings. The van der Waals surface area contributed by atoms with Gasteiger partial charge in [0.1, 0.15) is 0 Å². The largest absolute Gasteiger partial charge is 0.345 e. The minimum absolute atomic E-state index is 0. The van der Waals surface area contributed by atoms with Crippen LogP contribution in [0.25, 0.3) is 0 Å². The first-order chi connectivity index (χ1) is 12.8. The Bertz CT molecular complexity index is 902. The highest BCUT2D eigenvalue weighted by atomic mass is 35.5. The van der Waals surface area contributed by atoms with Gasteiger partial charge in [0.2, 0.25) is 10.0 Å². The zero-order valence-electron chi connectivity index (χ0n) is 16.0. The van der Waals surface area contributed by atoms with Crippen molar-refractivity contribution in [3.05, 3.63) is 65.7 Å². The van der Waals surface area contributed by atoms with Crippen LogP contribution < -0.4 is 5.73 Å². The van der Waals surface area contributed by atoms with Crippen molar-refractivity contribution in [2.45, 2.75) is 10.8 Å². The number of carbonyl (C=O) groups is 1. The van der Waals surface area contributed by atoms with E-state index in [9.17, 15) is 13.2 Å². The van der Waals surface area contributed by atoms with E-state index in [1.807, 2.05) is 30.3 Å². The van der Waals surface area contributed by atoms with Gasteiger partial charge < -0.3 is 10.6 Å². The van der Waals surface area contributed by atoms with E-state index in [2.05, 4.69) is 0 Å². The molecular weight excluding hydrogens is 398 g/mol. The highest BCUT2D eigenvalue weighted by molar-refractivity contribution is 7.89. The normalized spacial score (nSPS) is 19.8. The van der Waals surface area contributed by atoms with E-state index in [4.69, 9.17) is 5.73 Å². The lowest BCUT2D eigenvalue weighted by Crippen LogP contribution is -2.30. The zero-order valence-corrected chi connectivity index (χ0v) is 17.6. The summed E-state index contributed by atoms with van der Waals surface area (Å²) < 4.78 is 27.7. The number of nitrogens with two attached hydrogens (primary N) is 1.